The Labute approximate surface area is 152 Å². The molecule has 0 aliphatic rings. The molecule has 0 aliphatic carbocycles. The highest BCUT2D eigenvalue weighted by molar-refractivity contribution is 6.08. The van der Waals surface area contributed by atoms with Gasteiger partial charge in [0.1, 0.15) is 0 Å². The zero-order chi connectivity index (χ0) is 17.5. The van der Waals surface area contributed by atoms with E-state index in [0.29, 0.717) is 0 Å². The van der Waals surface area contributed by atoms with Crippen molar-refractivity contribution in [3.63, 3.8) is 0 Å². The molecule has 5 rings (SSSR count). The van der Waals surface area contributed by atoms with Gasteiger partial charge < -0.3 is 4.57 Å². The van der Waals surface area contributed by atoms with Crippen molar-refractivity contribution >= 4 is 21.8 Å². The first-order valence-electron chi connectivity index (χ1n) is 8.97. The minimum absolute atomic E-state index is 0.959. The Bertz CT molecular complexity index is 1210. The summed E-state index contributed by atoms with van der Waals surface area (Å²) >= 11 is 0. The molecule has 3 aromatic carbocycles. The third kappa shape index (κ3) is 2.17. The molecule has 5 aromatic rings. The molecule has 0 aliphatic heterocycles. The van der Waals surface area contributed by atoms with Crippen molar-refractivity contribution in [1.29, 1.82) is 0 Å². The molecule has 0 N–H and O–H groups in total. The smallest absolute Gasteiger partial charge is 0.0740 e. The van der Waals surface area contributed by atoms with E-state index < -0.39 is 0 Å². The van der Waals surface area contributed by atoms with Gasteiger partial charge in [-0.15, -0.1) is 0 Å². The molecule has 126 valence electrons. The molecule has 0 amide bonds. The number of para-hydroxylation sites is 1. The Morgan fingerprint density at radius 3 is 2.38 bits per heavy atom. The summed E-state index contributed by atoms with van der Waals surface area (Å²) in [6.07, 6.45) is 1.86. The molecule has 2 heterocycles. The van der Waals surface area contributed by atoms with Crippen LogP contribution in [0.15, 0.2) is 85.1 Å². The van der Waals surface area contributed by atoms with Gasteiger partial charge in [0, 0.05) is 33.9 Å². The lowest BCUT2D eigenvalue weighted by Gasteiger charge is -2.09. The second-order valence-corrected chi connectivity index (χ2v) is 6.46. The summed E-state index contributed by atoms with van der Waals surface area (Å²) in [4.78, 5) is 0. The average molecular weight is 337 g/mol. The van der Waals surface area contributed by atoms with Gasteiger partial charge in [0.2, 0.25) is 0 Å². The van der Waals surface area contributed by atoms with E-state index in [1.165, 1.54) is 27.4 Å². The zero-order valence-electron chi connectivity index (χ0n) is 14.6. The maximum absolute atomic E-state index is 4.59. The number of benzene rings is 3. The highest BCUT2D eigenvalue weighted by Crippen LogP contribution is 2.31. The van der Waals surface area contributed by atoms with E-state index in [4.69, 9.17) is 0 Å². The number of aromatic nitrogens is 3. The van der Waals surface area contributed by atoms with Gasteiger partial charge in [-0.3, -0.25) is 0 Å². The molecule has 0 fully saturated rings. The first-order chi connectivity index (χ1) is 12.9. The van der Waals surface area contributed by atoms with Crippen molar-refractivity contribution < 1.29 is 0 Å². The first-order valence-corrected chi connectivity index (χ1v) is 8.97. The Hall–Kier alpha value is -3.33. The second kappa shape index (κ2) is 5.88. The van der Waals surface area contributed by atoms with Crippen LogP contribution in [-0.4, -0.2) is 14.3 Å². The molecule has 0 saturated heterocycles. The third-order valence-electron chi connectivity index (χ3n) is 5.03. The molecule has 0 unspecified atom stereocenters. The predicted octanol–water partition coefficient (Wildman–Crippen LogP) is 5.67. The van der Waals surface area contributed by atoms with Crippen LogP contribution in [-0.2, 0) is 6.54 Å². The van der Waals surface area contributed by atoms with Crippen LogP contribution >= 0.6 is 0 Å². The summed E-state index contributed by atoms with van der Waals surface area (Å²) in [7, 11) is 0. The van der Waals surface area contributed by atoms with Crippen LogP contribution in [0.1, 0.15) is 6.92 Å². The number of hydrogen-bond acceptors (Lipinski definition) is 1. The summed E-state index contributed by atoms with van der Waals surface area (Å²) < 4.78 is 4.39. The van der Waals surface area contributed by atoms with E-state index in [1.807, 2.05) is 16.9 Å². The van der Waals surface area contributed by atoms with E-state index in [2.05, 4.69) is 89.4 Å². The molecule has 3 heteroatoms. The normalized spacial score (nSPS) is 11.4. The fourth-order valence-corrected chi connectivity index (χ4v) is 3.85. The second-order valence-electron chi connectivity index (χ2n) is 6.46. The molecular formula is C23H19N3. The lowest BCUT2D eigenvalue weighted by atomic mass is 10.1. The Morgan fingerprint density at radius 1 is 0.769 bits per heavy atom. The van der Waals surface area contributed by atoms with Crippen LogP contribution in [0.2, 0.25) is 0 Å². The van der Waals surface area contributed by atoms with Crippen LogP contribution in [0, 0.1) is 0 Å². The maximum atomic E-state index is 4.59. The highest BCUT2D eigenvalue weighted by Gasteiger charge is 2.12. The van der Waals surface area contributed by atoms with Gasteiger partial charge in [0.05, 0.1) is 17.6 Å². The SMILES string of the molecule is CCn1c2ccccc2c2cc(-n3nccc3-c3ccccc3)ccc21. The largest absolute Gasteiger partial charge is 0.341 e. The summed E-state index contributed by atoms with van der Waals surface area (Å²) in [6, 6.07) is 27.7. The number of fused-ring (bicyclic) bond motifs is 3. The van der Waals surface area contributed by atoms with Crippen molar-refractivity contribution in [3.05, 3.63) is 85.1 Å². The number of hydrogen-bond donors (Lipinski definition) is 0. The topological polar surface area (TPSA) is 22.8 Å². The minimum Gasteiger partial charge on any atom is -0.341 e. The number of rotatable bonds is 3. The highest BCUT2D eigenvalue weighted by atomic mass is 15.3. The Kier molecular flexibility index (Phi) is 3.39. The lowest BCUT2D eigenvalue weighted by Crippen LogP contribution is -1.99. The molecule has 0 bridgehead atoms. The first kappa shape index (κ1) is 15.0. The van der Waals surface area contributed by atoms with E-state index in [0.717, 1.165) is 17.9 Å². The van der Waals surface area contributed by atoms with Gasteiger partial charge in [0.15, 0.2) is 0 Å². The summed E-state index contributed by atoms with van der Waals surface area (Å²) in [6.45, 7) is 3.15. The van der Waals surface area contributed by atoms with Crippen molar-refractivity contribution in [1.82, 2.24) is 14.3 Å². The molecular weight excluding hydrogens is 318 g/mol. The fourth-order valence-electron chi connectivity index (χ4n) is 3.85. The Morgan fingerprint density at radius 2 is 1.54 bits per heavy atom. The third-order valence-corrected chi connectivity index (χ3v) is 5.03. The zero-order valence-corrected chi connectivity index (χ0v) is 14.6. The van der Waals surface area contributed by atoms with Gasteiger partial charge in [-0.1, -0.05) is 48.5 Å². The van der Waals surface area contributed by atoms with Crippen LogP contribution in [0.25, 0.3) is 38.8 Å². The molecule has 26 heavy (non-hydrogen) atoms. The van der Waals surface area contributed by atoms with Gasteiger partial charge in [-0.25, -0.2) is 4.68 Å². The predicted molar refractivity (Wildman–Crippen MR) is 108 cm³/mol. The minimum atomic E-state index is 0.959. The van der Waals surface area contributed by atoms with E-state index in [1.54, 1.807) is 0 Å². The van der Waals surface area contributed by atoms with Crippen molar-refractivity contribution in [2.24, 2.45) is 0 Å². The molecule has 0 radical (unpaired) electrons. The van der Waals surface area contributed by atoms with Crippen LogP contribution in [0.3, 0.4) is 0 Å². The monoisotopic (exact) mass is 337 g/mol. The van der Waals surface area contributed by atoms with Crippen LogP contribution in [0.4, 0.5) is 0 Å². The van der Waals surface area contributed by atoms with Gasteiger partial charge in [-0.2, -0.15) is 5.10 Å². The Balaban J connectivity index is 1.75. The number of aryl methyl sites for hydroxylation is 1. The van der Waals surface area contributed by atoms with Crippen molar-refractivity contribution in [2.45, 2.75) is 13.5 Å². The average Bonchev–Trinajstić information content (AvgIpc) is 3.31. The maximum Gasteiger partial charge on any atom is 0.0740 e. The molecule has 2 aromatic heterocycles. The summed E-state index contributed by atoms with van der Waals surface area (Å²) in [5.74, 6) is 0. The van der Waals surface area contributed by atoms with Gasteiger partial charge in [-0.05, 0) is 37.3 Å². The molecule has 0 spiro atoms. The fraction of sp³-hybridized carbons (Fsp3) is 0.0870. The number of nitrogens with zero attached hydrogens (tertiary/aromatic N) is 3. The van der Waals surface area contributed by atoms with E-state index in [9.17, 15) is 0 Å². The van der Waals surface area contributed by atoms with E-state index in [-0.39, 0.29) is 0 Å². The van der Waals surface area contributed by atoms with Crippen molar-refractivity contribution in [2.75, 3.05) is 0 Å². The lowest BCUT2D eigenvalue weighted by molar-refractivity contribution is 0.826. The molecule has 3 nitrogen and oxygen atoms in total. The summed E-state index contributed by atoms with van der Waals surface area (Å²) in [5.41, 5.74) is 5.90. The molecule has 0 saturated carbocycles. The van der Waals surface area contributed by atoms with Crippen LogP contribution < -0.4 is 0 Å². The van der Waals surface area contributed by atoms with Gasteiger partial charge >= 0.3 is 0 Å². The van der Waals surface area contributed by atoms with Gasteiger partial charge in [0.25, 0.3) is 0 Å². The summed E-state index contributed by atoms with van der Waals surface area (Å²) in [5, 5.41) is 7.15. The quantitative estimate of drug-likeness (QED) is 0.416. The van der Waals surface area contributed by atoms with Crippen LogP contribution in [0.5, 0.6) is 0 Å². The molecule has 0 atom stereocenters. The van der Waals surface area contributed by atoms with Crippen molar-refractivity contribution in [3.8, 4) is 16.9 Å². The van der Waals surface area contributed by atoms with E-state index >= 15 is 0 Å². The standard InChI is InChI=1S/C23H19N3/c1-2-25-22-11-7-6-10-19(22)20-16-18(12-13-23(20)25)26-21(14-15-24-26)17-8-4-3-5-9-17/h3-16H,2H2,1H3.